The number of carbonyl (C=O) groups excluding carboxylic acids is 1. The van der Waals surface area contributed by atoms with E-state index in [9.17, 15) is 4.79 Å². The van der Waals surface area contributed by atoms with Crippen molar-refractivity contribution in [2.45, 2.75) is 0 Å². The van der Waals surface area contributed by atoms with Crippen LogP contribution in [0.3, 0.4) is 0 Å². The molecule has 29 heavy (non-hydrogen) atoms. The van der Waals surface area contributed by atoms with Crippen molar-refractivity contribution in [3.63, 3.8) is 0 Å². The molecule has 0 spiro atoms. The molecule has 0 atom stereocenters. The maximum absolute atomic E-state index is 12.7. The highest BCUT2D eigenvalue weighted by Crippen LogP contribution is 2.40. The Labute approximate surface area is 169 Å². The van der Waals surface area contributed by atoms with Crippen molar-refractivity contribution < 1.29 is 19.0 Å². The zero-order chi connectivity index (χ0) is 20.8. The van der Waals surface area contributed by atoms with Gasteiger partial charge in [-0.3, -0.25) is 4.79 Å². The molecule has 3 aromatic rings. The summed E-state index contributed by atoms with van der Waals surface area (Å²) in [4.78, 5) is 23.0. The minimum absolute atomic E-state index is 0.228. The summed E-state index contributed by atoms with van der Waals surface area (Å²) in [7, 11) is 6.42. The van der Waals surface area contributed by atoms with Crippen LogP contribution in [0, 0.1) is 0 Å². The molecule has 2 aromatic carbocycles. The maximum Gasteiger partial charge on any atom is 0.274 e. The fourth-order valence-corrected chi connectivity index (χ4v) is 2.79. The summed E-state index contributed by atoms with van der Waals surface area (Å²) < 4.78 is 15.9. The zero-order valence-corrected chi connectivity index (χ0v) is 16.7. The number of methoxy groups -OCH3 is 3. The molecular weight excluding hydrogens is 372 g/mol. The van der Waals surface area contributed by atoms with E-state index in [2.05, 4.69) is 15.3 Å². The second kappa shape index (κ2) is 8.92. The van der Waals surface area contributed by atoms with E-state index in [1.54, 1.807) is 18.2 Å². The third kappa shape index (κ3) is 4.37. The number of aromatic nitrogens is 2. The van der Waals surface area contributed by atoms with Crippen LogP contribution in [0.5, 0.6) is 17.2 Å². The quantitative estimate of drug-likeness (QED) is 0.656. The highest BCUT2D eigenvalue weighted by atomic mass is 16.5. The van der Waals surface area contributed by atoms with Gasteiger partial charge in [-0.15, -0.1) is 0 Å². The van der Waals surface area contributed by atoms with E-state index in [4.69, 9.17) is 14.2 Å². The lowest BCUT2D eigenvalue weighted by atomic mass is 10.2. The van der Waals surface area contributed by atoms with Gasteiger partial charge in [-0.05, 0) is 12.1 Å². The molecule has 1 heterocycles. The van der Waals surface area contributed by atoms with Crippen LogP contribution in [0.25, 0.3) is 0 Å². The molecule has 0 saturated carbocycles. The highest BCUT2D eigenvalue weighted by Gasteiger charge is 2.16. The Balaban J connectivity index is 1.85. The van der Waals surface area contributed by atoms with Crippen molar-refractivity contribution in [3.8, 4) is 17.2 Å². The fourth-order valence-electron chi connectivity index (χ4n) is 2.79. The monoisotopic (exact) mass is 394 g/mol. The Morgan fingerprint density at radius 2 is 1.59 bits per heavy atom. The first-order valence-corrected chi connectivity index (χ1v) is 8.79. The molecule has 0 fully saturated rings. The van der Waals surface area contributed by atoms with Gasteiger partial charge < -0.3 is 24.4 Å². The van der Waals surface area contributed by atoms with Crippen LogP contribution < -0.4 is 24.4 Å². The molecular formula is C21H22N4O4. The lowest BCUT2D eigenvalue weighted by Gasteiger charge is -2.18. The molecule has 0 bridgehead atoms. The predicted molar refractivity (Wildman–Crippen MR) is 111 cm³/mol. The van der Waals surface area contributed by atoms with Gasteiger partial charge in [-0.2, -0.15) is 0 Å². The minimum atomic E-state index is -0.385. The van der Waals surface area contributed by atoms with E-state index < -0.39 is 0 Å². The molecule has 0 aliphatic heterocycles. The summed E-state index contributed by atoms with van der Waals surface area (Å²) in [6.45, 7) is 0. The molecule has 3 rings (SSSR count). The molecule has 1 aromatic heterocycles. The standard InChI is InChI=1S/C21H22N4O4/c1-25(15-8-6-5-7-9-15)19-12-16(22-13-23-19)21(26)24-14-10-17(27-2)20(29-4)18(11-14)28-3/h5-13H,1-4H3,(H,24,26). The molecule has 8 heteroatoms. The first-order valence-electron chi connectivity index (χ1n) is 8.79. The second-order valence-electron chi connectivity index (χ2n) is 6.02. The average molecular weight is 394 g/mol. The van der Waals surface area contributed by atoms with Gasteiger partial charge in [0.1, 0.15) is 17.8 Å². The molecule has 150 valence electrons. The van der Waals surface area contributed by atoms with Gasteiger partial charge in [0.2, 0.25) is 5.75 Å². The van der Waals surface area contributed by atoms with Crippen LogP contribution in [-0.4, -0.2) is 44.3 Å². The van der Waals surface area contributed by atoms with Crippen molar-refractivity contribution in [2.24, 2.45) is 0 Å². The first kappa shape index (κ1) is 19.9. The summed E-state index contributed by atoms with van der Waals surface area (Å²) in [5.41, 5.74) is 1.66. The van der Waals surface area contributed by atoms with E-state index >= 15 is 0 Å². The Morgan fingerprint density at radius 1 is 0.931 bits per heavy atom. The number of nitrogens with one attached hydrogen (secondary N) is 1. The van der Waals surface area contributed by atoms with Gasteiger partial charge in [-0.1, -0.05) is 18.2 Å². The van der Waals surface area contributed by atoms with Crippen LogP contribution in [0.2, 0.25) is 0 Å². The van der Waals surface area contributed by atoms with E-state index in [-0.39, 0.29) is 11.6 Å². The number of ether oxygens (including phenoxy) is 3. The SMILES string of the molecule is COc1cc(NC(=O)c2cc(N(C)c3ccccc3)ncn2)cc(OC)c1OC. The van der Waals surface area contributed by atoms with E-state index in [1.165, 1.54) is 27.7 Å². The van der Waals surface area contributed by atoms with Crippen molar-refractivity contribution in [1.82, 2.24) is 9.97 Å². The number of nitrogens with zero attached hydrogens (tertiary/aromatic N) is 3. The first-order chi connectivity index (χ1) is 14.1. The molecule has 8 nitrogen and oxygen atoms in total. The number of para-hydroxylation sites is 1. The van der Waals surface area contributed by atoms with Crippen molar-refractivity contribution in [2.75, 3.05) is 38.6 Å². The van der Waals surface area contributed by atoms with Crippen molar-refractivity contribution in [1.29, 1.82) is 0 Å². The number of hydrogen-bond acceptors (Lipinski definition) is 7. The molecule has 0 radical (unpaired) electrons. The van der Waals surface area contributed by atoms with Crippen molar-refractivity contribution in [3.05, 3.63) is 60.6 Å². The summed E-state index contributed by atoms with van der Waals surface area (Å²) in [5, 5.41) is 2.80. The maximum atomic E-state index is 12.7. The summed E-state index contributed by atoms with van der Waals surface area (Å²) in [6.07, 6.45) is 1.36. The fraction of sp³-hybridized carbons (Fsp3) is 0.190. The third-order valence-electron chi connectivity index (χ3n) is 4.30. The Morgan fingerprint density at radius 3 is 2.17 bits per heavy atom. The summed E-state index contributed by atoms with van der Waals surface area (Å²) >= 11 is 0. The van der Waals surface area contributed by atoms with E-state index in [1.807, 2.05) is 42.3 Å². The Hall–Kier alpha value is -3.81. The molecule has 0 unspecified atom stereocenters. The van der Waals surface area contributed by atoms with Crippen LogP contribution in [0.4, 0.5) is 17.2 Å². The van der Waals surface area contributed by atoms with E-state index in [0.717, 1.165) is 5.69 Å². The van der Waals surface area contributed by atoms with Gasteiger partial charge in [0.15, 0.2) is 11.5 Å². The smallest absolute Gasteiger partial charge is 0.274 e. The zero-order valence-electron chi connectivity index (χ0n) is 16.7. The van der Waals surface area contributed by atoms with E-state index in [0.29, 0.717) is 28.8 Å². The molecule has 1 amide bonds. The summed E-state index contributed by atoms with van der Waals surface area (Å²) in [6, 6.07) is 14.6. The number of hydrogen-bond donors (Lipinski definition) is 1. The topological polar surface area (TPSA) is 85.8 Å². The van der Waals surface area contributed by atoms with Gasteiger partial charge in [0.05, 0.1) is 21.3 Å². The Bertz CT molecular complexity index is 970. The normalized spacial score (nSPS) is 10.2. The number of rotatable bonds is 7. The number of carbonyl (C=O) groups is 1. The van der Waals surface area contributed by atoms with Gasteiger partial charge in [0.25, 0.3) is 5.91 Å². The summed E-state index contributed by atoms with van der Waals surface area (Å²) in [5.74, 6) is 1.54. The van der Waals surface area contributed by atoms with Crippen molar-refractivity contribution >= 4 is 23.1 Å². The van der Waals surface area contributed by atoms with Gasteiger partial charge >= 0.3 is 0 Å². The van der Waals surface area contributed by atoms with Crippen LogP contribution in [0.1, 0.15) is 10.5 Å². The van der Waals surface area contributed by atoms with Gasteiger partial charge in [0, 0.05) is 36.6 Å². The van der Waals surface area contributed by atoms with Crippen LogP contribution >= 0.6 is 0 Å². The Kier molecular flexibility index (Phi) is 6.13. The average Bonchev–Trinajstić information content (AvgIpc) is 2.78. The molecule has 1 N–H and O–H groups in total. The van der Waals surface area contributed by atoms with Crippen LogP contribution in [-0.2, 0) is 0 Å². The lowest BCUT2D eigenvalue weighted by molar-refractivity contribution is 0.102. The highest BCUT2D eigenvalue weighted by molar-refractivity contribution is 6.03. The number of benzene rings is 2. The second-order valence-corrected chi connectivity index (χ2v) is 6.02. The van der Waals surface area contributed by atoms with Crippen LogP contribution in [0.15, 0.2) is 54.9 Å². The third-order valence-corrected chi connectivity index (χ3v) is 4.30. The largest absolute Gasteiger partial charge is 0.493 e. The molecule has 0 saturated heterocycles. The minimum Gasteiger partial charge on any atom is -0.493 e. The van der Waals surface area contributed by atoms with Gasteiger partial charge in [-0.25, -0.2) is 9.97 Å². The molecule has 0 aliphatic rings. The lowest BCUT2D eigenvalue weighted by Crippen LogP contribution is -2.17. The number of amides is 1. The predicted octanol–water partition coefficient (Wildman–Crippen LogP) is 3.52. The molecule has 0 aliphatic carbocycles. The number of anilines is 3.